The molecule has 140 valence electrons. The molecule has 6 heteroatoms. The molecule has 0 bridgehead atoms. The summed E-state index contributed by atoms with van der Waals surface area (Å²) < 4.78 is 0. The van der Waals surface area contributed by atoms with Crippen LogP contribution in [0.1, 0.15) is 27.9 Å². The summed E-state index contributed by atoms with van der Waals surface area (Å²) in [7, 11) is 1.44. The molecule has 1 atom stereocenters. The van der Waals surface area contributed by atoms with E-state index in [1.807, 2.05) is 37.3 Å². The Balaban J connectivity index is 1.92. The summed E-state index contributed by atoms with van der Waals surface area (Å²) in [5.74, 6) is -0.771. The number of benzene rings is 2. The average molecular weight is 365 g/mol. The summed E-state index contributed by atoms with van der Waals surface area (Å²) in [5.41, 5.74) is 10.9. The van der Waals surface area contributed by atoms with Crippen LogP contribution >= 0.6 is 0 Å². The van der Waals surface area contributed by atoms with Crippen molar-refractivity contribution in [3.05, 3.63) is 59.2 Å². The number of primary amides is 1. The third-order valence-corrected chi connectivity index (χ3v) is 4.88. The molecule has 2 N–H and O–H groups in total. The second kappa shape index (κ2) is 7.61. The topological polar surface area (TPSA) is 85.0 Å². The second-order valence-corrected chi connectivity index (χ2v) is 6.74. The molecule has 0 aromatic heterocycles. The SMILES string of the molecule is CON=C1CC(C(N)=O)N(C(=O)c2ccc(-c3ccccc3C)cc2C)C1. The summed E-state index contributed by atoms with van der Waals surface area (Å²) in [4.78, 5) is 31.1. The van der Waals surface area contributed by atoms with E-state index in [1.165, 1.54) is 17.6 Å². The normalized spacial score (nSPS) is 18.0. The van der Waals surface area contributed by atoms with Crippen LogP contribution < -0.4 is 5.73 Å². The number of hydrogen-bond acceptors (Lipinski definition) is 4. The fraction of sp³-hybridized carbons (Fsp3) is 0.286. The first kappa shape index (κ1) is 18.6. The summed E-state index contributed by atoms with van der Waals surface area (Å²) in [6.07, 6.45) is 0.301. The van der Waals surface area contributed by atoms with Gasteiger partial charge in [0.15, 0.2) is 0 Å². The fourth-order valence-electron chi connectivity index (χ4n) is 3.49. The van der Waals surface area contributed by atoms with Crippen LogP contribution in [0.5, 0.6) is 0 Å². The highest BCUT2D eigenvalue weighted by Gasteiger charge is 2.37. The van der Waals surface area contributed by atoms with E-state index in [0.29, 0.717) is 17.7 Å². The Morgan fingerprint density at radius 1 is 1.15 bits per heavy atom. The Hall–Kier alpha value is -3.15. The van der Waals surface area contributed by atoms with Crippen LogP contribution in [0.25, 0.3) is 11.1 Å². The van der Waals surface area contributed by atoms with Gasteiger partial charge in [0, 0.05) is 12.0 Å². The van der Waals surface area contributed by atoms with Gasteiger partial charge < -0.3 is 15.5 Å². The van der Waals surface area contributed by atoms with Gasteiger partial charge in [0.1, 0.15) is 13.2 Å². The Labute approximate surface area is 158 Å². The lowest BCUT2D eigenvalue weighted by Gasteiger charge is -2.22. The molecule has 1 unspecified atom stereocenters. The second-order valence-electron chi connectivity index (χ2n) is 6.74. The lowest BCUT2D eigenvalue weighted by atomic mass is 9.96. The number of rotatable bonds is 4. The molecule has 2 aromatic carbocycles. The number of nitrogens with zero attached hydrogens (tertiary/aromatic N) is 2. The smallest absolute Gasteiger partial charge is 0.255 e. The summed E-state index contributed by atoms with van der Waals surface area (Å²) in [6.45, 7) is 4.19. The molecule has 0 radical (unpaired) electrons. The minimum absolute atomic E-state index is 0.228. The van der Waals surface area contributed by atoms with Gasteiger partial charge in [0.2, 0.25) is 5.91 Å². The Kier molecular flexibility index (Phi) is 5.26. The molecule has 1 aliphatic heterocycles. The number of nitrogens with two attached hydrogens (primary N) is 1. The summed E-state index contributed by atoms with van der Waals surface area (Å²) in [6, 6.07) is 13.1. The molecule has 6 nitrogen and oxygen atoms in total. The first-order valence-electron chi connectivity index (χ1n) is 8.78. The van der Waals surface area contributed by atoms with Crippen LogP contribution in [0.4, 0.5) is 0 Å². The van der Waals surface area contributed by atoms with Gasteiger partial charge in [-0.2, -0.15) is 0 Å². The van der Waals surface area contributed by atoms with Crippen LogP contribution in [-0.4, -0.2) is 42.1 Å². The Bertz CT molecular complexity index is 921. The monoisotopic (exact) mass is 365 g/mol. The zero-order valence-electron chi connectivity index (χ0n) is 15.7. The molecule has 1 heterocycles. The van der Waals surface area contributed by atoms with Gasteiger partial charge in [-0.25, -0.2) is 0 Å². The molecule has 1 fully saturated rings. The van der Waals surface area contributed by atoms with E-state index in [-0.39, 0.29) is 12.5 Å². The number of hydrogen-bond donors (Lipinski definition) is 1. The molecule has 2 aromatic rings. The van der Waals surface area contributed by atoms with Gasteiger partial charge in [0.05, 0.1) is 12.3 Å². The molecule has 27 heavy (non-hydrogen) atoms. The molecule has 3 rings (SSSR count). The van der Waals surface area contributed by atoms with Crippen LogP contribution in [0.3, 0.4) is 0 Å². The van der Waals surface area contributed by atoms with Crippen LogP contribution in [0, 0.1) is 13.8 Å². The molecular weight excluding hydrogens is 342 g/mol. The van der Waals surface area contributed by atoms with E-state index >= 15 is 0 Å². The zero-order chi connectivity index (χ0) is 19.6. The van der Waals surface area contributed by atoms with Crippen LogP contribution in [0.2, 0.25) is 0 Å². The van der Waals surface area contributed by atoms with Crippen LogP contribution in [0.15, 0.2) is 47.6 Å². The maximum absolute atomic E-state index is 13.1. The fourth-order valence-corrected chi connectivity index (χ4v) is 3.49. The van der Waals surface area contributed by atoms with Gasteiger partial charge >= 0.3 is 0 Å². The highest BCUT2D eigenvalue weighted by Crippen LogP contribution is 2.27. The minimum Gasteiger partial charge on any atom is -0.399 e. The van der Waals surface area contributed by atoms with E-state index in [4.69, 9.17) is 10.6 Å². The van der Waals surface area contributed by atoms with Crippen molar-refractivity contribution >= 4 is 17.5 Å². The highest BCUT2D eigenvalue weighted by molar-refractivity contribution is 6.05. The average Bonchev–Trinajstić information content (AvgIpc) is 3.06. The number of aryl methyl sites for hydroxylation is 2. The lowest BCUT2D eigenvalue weighted by molar-refractivity contribution is -0.121. The van der Waals surface area contributed by atoms with E-state index in [9.17, 15) is 9.59 Å². The number of amides is 2. The quantitative estimate of drug-likeness (QED) is 0.845. The van der Waals surface area contributed by atoms with Gasteiger partial charge in [-0.15, -0.1) is 0 Å². The third-order valence-electron chi connectivity index (χ3n) is 4.88. The molecule has 0 spiro atoms. The van der Waals surface area contributed by atoms with Crippen molar-refractivity contribution in [2.75, 3.05) is 13.7 Å². The van der Waals surface area contributed by atoms with Crippen molar-refractivity contribution in [3.8, 4) is 11.1 Å². The molecule has 1 aliphatic rings. The van der Waals surface area contributed by atoms with Gasteiger partial charge in [-0.05, 0) is 42.2 Å². The van der Waals surface area contributed by atoms with Crippen molar-refractivity contribution < 1.29 is 14.4 Å². The summed E-state index contributed by atoms with van der Waals surface area (Å²) in [5, 5.41) is 3.88. The van der Waals surface area contributed by atoms with Gasteiger partial charge in [-0.1, -0.05) is 41.6 Å². The predicted octanol–water partition coefficient (Wildman–Crippen LogP) is 2.67. The minimum atomic E-state index is -0.707. The maximum Gasteiger partial charge on any atom is 0.255 e. The van der Waals surface area contributed by atoms with Crippen molar-refractivity contribution in [1.29, 1.82) is 0 Å². The maximum atomic E-state index is 13.1. The Morgan fingerprint density at radius 3 is 2.52 bits per heavy atom. The molecule has 0 saturated carbocycles. The van der Waals surface area contributed by atoms with Crippen molar-refractivity contribution in [1.82, 2.24) is 4.90 Å². The Morgan fingerprint density at radius 2 is 1.89 bits per heavy atom. The van der Waals surface area contributed by atoms with Crippen molar-refractivity contribution in [2.45, 2.75) is 26.3 Å². The zero-order valence-corrected chi connectivity index (χ0v) is 15.7. The lowest BCUT2D eigenvalue weighted by Crippen LogP contribution is -2.43. The molecule has 2 amide bonds. The van der Waals surface area contributed by atoms with E-state index in [1.54, 1.807) is 0 Å². The number of carbonyl (C=O) groups excluding carboxylic acids is 2. The van der Waals surface area contributed by atoms with Gasteiger partial charge in [0.25, 0.3) is 5.91 Å². The standard InChI is InChI=1S/C21H23N3O3/c1-13-6-4-5-7-17(13)15-8-9-18(14(2)10-15)21(26)24-12-16(23-27-3)11-19(24)20(22)25/h4-10,19H,11-12H2,1-3H3,(H2,22,25). The van der Waals surface area contributed by atoms with E-state index in [0.717, 1.165) is 16.7 Å². The third kappa shape index (κ3) is 3.69. The largest absolute Gasteiger partial charge is 0.399 e. The predicted molar refractivity (Wildman–Crippen MR) is 104 cm³/mol. The van der Waals surface area contributed by atoms with E-state index < -0.39 is 11.9 Å². The number of likely N-dealkylation sites (tertiary alicyclic amines) is 1. The number of carbonyl (C=O) groups is 2. The van der Waals surface area contributed by atoms with Gasteiger partial charge in [-0.3, -0.25) is 9.59 Å². The molecule has 0 aliphatic carbocycles. The van der Waals surface area contributed by atoms with Crippen molar-refractivity contribution in [2.24, 2.45) is 10.9 Å². The molecular formula is C21H23N3O3. The first-order valence-corrected chi connectivity index (χ1v) is 8.78. The van der Waals surface area contributed by atoms with Crippen molar-refractivity contribution in [3.63, 3.8) is 0 Å². The first-order chi connectivity index (χ1) is 12.9. The van der Waals surface area contributed by atoms with Crippen LogP contribution in [-0.2, 0) is 9.63 Å². The highest BCUT2D eigenvalue weighted by atomic mass is 16.6. The summed E-state index contributed by atoms with van der Waals surface area (Å²) >= 11 is 0. The number of oxime groups is 1. The molecule has 1 saturated heterocycles. The van der Waals surface area contributed by atoms with E-state index in [2.05, 4.69) is 24.2 Å².